The first-order valence-electron chi connectivity index (χ1n) is 11.0. The van der Waals surface area contributed by atoms with E-state index in [1.807, 2.05) is 60.7 Å². The Bertz CT molecular complexity index is 1340. The molecule has 0 saturated carbocycles. The minimum atomic E-state index is -1.20. The molecule has 2 amide bonds. The van der Waals surface area contributed by atoms with Crippen LogP contribution in [-0.2, 0) is 17.9 Å². The lowest BCUT2D eigenvalue weighted by molar-refractivity contribution is -0.126. The average Bonchev–Trinajstić information content (AvgIpc) is 3.29. The van der Waals surface area contributed by atoms with Crippen LogP contribution in [0.15, 0.2) is 91.0 Å². The van der Waals surface area contributed by atoms with Crippen molar-refractivity contribution < 1.29 is 9.59 Å². The summed E-state index contributed by atoms with van der Waals surface area (Å²) >= 11 is 6.09. The van der Waals surface area contributed by atoms with Gasteiger partial charge in [0.2, 0.25) is 5.91 Å². The first-order chi connectivity index (χ1) is 16.5. The van der Waals surface area contributed by atoms with E-state index in [9.17, 15) is 9.59 Å². The lowest BCUT2D eigenvalue weighted by atomic mass is 9.93. The van der Waals surface area contributed by atoms with Crippen LogP contribution in [0, 0.1) is 0 Å². The number of hydrogen-bond donors (Lipinski definition) is 1. The number of anilines is 1. The molecule has 0 fully saturated rings. The first kappa shape index (κ1) is 21.9. The molecule has 34 heavy (non-hydrogen) atoms. The van der Waals surface area contributed by atoms with Gasteiger partial charge in [0, 0.05) is 22.8 Å². The molecule has 1 aliphatic heterocycles. The number of amides is 2. The fourth-order valence-electron chi connectivity index (χ4n) is 4.29. The van der Waals surface area contributed by atoms with E-state index in [0.29, 0.717) is 28.6 Å². The molecule has 1 aliphatic rings. The summed E-state index contributed by atoms with van der Waals surface area (Å²) in [5.74, 6) is -0.553. The number of halogens is 1. The van der Waals surface area contributed by atoms with Gasteiger partial charge in [0.25, 0.3) is 5.91 Å². The van der Waals surface area contributed by atoms with Gasteiger partial charge in [-0.1, -0.05) is 72.3 Å². The van der Waals surface area contributed by atoms with Gasteiger partial charge in [-0.2, -0.15) is 5.10 Å². The molecule has 1 unspecified atom stereocenters. The summed E-state index contributed by atoms with van der Waals surface area (Å²) in [6.45, 7) is 2.34. The Kier molecular flexibility index (Phi) is 5.67. The van der Waals surface area contributed by atoms with Crippen LogP contribution < -0.4 is 10.2 Å². The molecule has 170 valence electrons. The van der Waals surface area contributed by atoms with Crippen LogP contribution in [0.1, 0.15) is 23.0 Å². The third-order valence-corrected chi connectivity index (χ3v) is 6.34. The monoisotopic (exact) mass is 470 g/mol. The zero-order valence-corrected chi connectivity index (χ0v) is 19.4. The zero-order chi connectivity index (χ0) is 23.7. The SMILES string of the molecule is CC1(C(=O)NCc2ccccc2)Cn2nc(-c3ccccc3)cc2C(=O)N1c1ccc(Cl)cc1. The maximum atomic E-state index is 13.8. The Labute approximate surface area is 202 Å². The fourth-order valence-corrected chi connectivity index (χ4v) is 4.42. The van der Waals surface area contributed by atoms with Crippen molar-refractivity contribution in [2.24, 2.45) is 0 Å². The molecular weight excluding hydrogens is 448 g/mol. The number of carbonyl (C=O) groups excluding carboxylic acids is 2. The van der Waals surface area contributed by atoms with Crippen molar-refractivity contribution in [2.45, 2.75) is 25.6 Å². The number of hydrogen-bond acceptors (Lipinski definition) is 3. The van der Waals surface area contributed by atoms with Crippen molar-refractivity contribution in [2.75, 3.05) is 4.90 Å². The smallest absolute Gasteiger partial charge is 0.277 e. The van der Waals surface area contributed by atoms with E-state index in [-0.39, 0.29) is 18.4 Å². The Morgan fingerprint density at radius 1 is 1.00 bits per heavy atom. The van der Waals surface area contributed by atoms with Gasteiger partial charge >= 0.3 is 0 Å². The number of benzene rings is 3. The van der Waals surface area contributed by atoms with Crippen molar-refractivity contribution in [3.63, 3.8) is 0 Å². The van der Waals surface area contributed by atoms with E-state index < -0.39 is 5.54 Å². The van der Waals surface area contributed by atoms with E-state index in [4.69, 9.17) is 11.6 Å². The molecule has 0 spiro atoms. The third-order valence-electron chi connectivity index (χ3n) is 6.09. The van der Waals surface area contributed by atoms with Crippen molar-refractivity contribution in [3.8, 4) is 11.3 Å². The Hall–Kier alpha value is -3.90. The van der Waals surface area contributed by atoms with Crippen LogP contribution in [0.4, 0.5) is 5.69 Å². The summed E-state index contributed by atoms with van der Waals surface area (Å²) in [5.41, 5.74) is 2.40. The van der Waals surface area contributed by atoms with E-state index in [1.54, 1.807) is 46.8 Å². The third kappa shape index (κ3) is 3.97. The molecule has 0 saturated heterocycles. The lowest BCUT2D eigenvalue weighted by Crippen LogP contribution is -2.64. The molecule has 0 bridgehead atoms. The van der Waals surface area contributed by atoms with E-state index in [2.05, 4.69) is 10.4 Å². The van der Waals surface area contributed by atoms with Crippen LogP contribution in [0.25, 0.3) is 11.3 Å². The average molecular weight is 471 g/mol. The number of fused-ring (bicyclic) bond motifs is 1. The molecule has 1 atom stereocenters. The Morgan fingerprint density at radius 2 is 1.65 bits per heavy atom. The van der Waals surface area contributed by atoms with Crippen LogP contribution >= 0.6 is 11.6 Å². The molecule has 0 aliphatic carbocycles. The second-order valence-corrected chi connectivity index (χ2v) is 8.93. The van der Waals surface area contributed by atoms with Gasteiger partial charge in [0.05, 0.1) is 12.2 Å². The quantitative estimate of drug-likeness (QED) is 0.449. The summed E-state index contributed by atoms with van der Waals surface area (Å²) < 4.78 is 1.64. The molecule has 6 nitrogen and oxygen atoms in total. The number of nitrogens with one attached hydrogen (secondary N) is 1. The van der Waals surface area contributed by atoms with Gasteiger partial charge in [0.1, 0.15) is 11.2 Å². The molecule has 1 N–H and O–H groups in total. The highest BCUT2D eigenvalue weighted by Gasteiger charge is 2.48. The largest absolute Gasteiger partial charge is 0.350 e. The van der Waals surface area contributed by atoms with Crippen LogP contribution in [-0.4, -0.2) is 27.1 Å². The lowest BCUT2D eigenvalue weighted by Gasteiger charge is -2.43. The van der Waals surface area contributed by atoms with Crippen LogP contribution in [0.2, 0.25) is 5.02 Å². The molecule has 0 radical (unpaired) electrons. The number of rotatable bonds is 5. The van der Waals surface area contributed by atoms with Gasteiger partial charge in [0.15, 0.2) is 0 Å². The predicted octanol–water partition coefficient (Wildman–Crippen LogP) is 4.94. The van der Waals surface area contributed by atoms with Gasteiger partial charge < -0.3 is 5.32 Å². The highest BCUT2D eigenvalue weighted by Crippen LogP contribution is 2.34. The Balaban J connectivity index is 1.54. The van der Waals surface area contributed by atoms with Crippen molar-refractivity contribution in [1.82, 2.24) is 15.1 Å². The van der Waals surface area contributed by atoms with E-state index in [0.717, 1.165) is 11.1 Å². The summed E-state index contributed by atoms with van der Waals surface area (Å²) in [7, 11) is 0. The summed E-state index contributed by atoms with van der Waals surface area (Å²) in [5, 5.41) is 8.24. The minimum Gasteiger partial charge on any atom is -0.350 e. The second kappa shape index (κ2) is 8.80. The topological polar surface area (TPSA) is 67.2 Å². The van der Waals surface area contributed by atoms with Crippen molar-refractivity contribution >= 4 is 29.1 Å². The summed E-state index contributed by atoms with van der Waals surface area (Å²) in [4.78, 5) is 28.9. The molecule has 3 aromatic carbocycles. The summed E-state index contributed by atoms with van der Waals surface area (Å²) in [6.07, 6.45) is 0. The van der Waals surface area contributed by atoms with Gasteiger partial charge in [-0.05, 0) is 42.8 Å². The maximum absolute atomic E-state index is 13.8. The number of aromatic nitrogens is 2. The van der Waals surface area contributed by atoms with Gasteiger partial charge in [-0.15, -0.1) is 0 Å². The van der Waals surface area contributed by atoms with Gasteiger partial charge in [-0.3, -0.25) is 19.2 Å². The molecule has 5 rings (SSSR count). The molecule has 7 heteroatoms. The van der Waals surface area contributed by atoms with Crippen LogP contribution in [0.5, 0.6) is 0 Å². The highest BCUT2D eigenvalue weighted by atomic mass is 35.5. The Morgan fingerprint density at radius 3 is 2.32 bits per heavy atom. The molecule has 2 heterocycles. The molecule has 1 aromatic heterocycles. The molecular formula is C27H23ClN4O2. The van der Waals surface area contributed by atoms with Gasteiger partial charge in [-0.25, -0.2) is 0 Å². The van der Waals surface area contributed by atoms with Crippen LogP contribution in [0.3, 0.4) is 0 Å². The maximum Gasteiger partial charge on any atom is 0.277 e. The van der Waals surface area contributed by atoms with Crippen molar-refractivity contribution in [1.29, 1.82) is 0 Å². The molecule has 4 aromatic rings. The highest BCUT2D eigenvalue weighted by molar-refractivity contribution is 6.30. The summed E-state index contributed by atoms with van der Waals surface area (Å²) in [6, 6.07) is 28.1. The number of nitrogens with zero attached hydrogens (tertiary/aromatic N) is 3. The van der Waals surface area contributed by atoms with E-state index in [1.165, 1.54) is 0 Å². The normalized spacial score (nSPS) is 17.4. The zero-order valence-electron chi connectivity index (χ0n) is 18.6. The second-order valence-electron chi connectivity index (χ2n) is 8.50. The van der Waals surface area contributed by atoms with E-state index >= 15 is 0 Å². The first-order valence-corrected chi connectivity index (χ1v) is 11.4. The number of carbonyl (C=O) groups is 2. The minimum absolute atomic E-state index is 0.212. The standard InChI is InChI=1S/C27H23ClN4O2/c1-27(26(34)29-17-19-8-4-2-5-9-19)18-31-24(16-23(30-31)20-10-6-3-7-11-20)25(33)32(27)22-14-12-21(28)13-15-22/h2-16H,17-18H2,1H3,(H,29,34). The van der Waals surface area contributed by atoms with Crippen molar-refractivity contribution in [3.05, 3.63) is 107 Å². The fraction of sp³-hybridized carbons (Fsp3) is 0.148. The predicted molar refractivity (Wildman–Crippen MR) is 133 cm³/mol.